The van der Waals surface area contributed by atoms with Crippen LogP contribution in [0, 0.1) is 0 Å². The van der Waals surface area contributed by atoms with Gasteiger partial charge in [0.2, 0.25) is 0 Å². The first-order valence-electron chi connectivity index (χ1n) is 9.34. The number of aromatic amines is 1. The normalized spacial score (nSPS) is 22.0. The van der Waals surface area contributed by atoms with E-state index in [2.05, 4.69) is 11.1 Å². The Labute approximate surface area is 168 Å². The second-order valence-electron chi connectivity index (χ2n) is 7.76. The number of halogens is 1. The molecule has 3 unspecified atom stereocenters. The van der Waals surface area contributed by atoms with E-state index in [9.17, 15) is 15.0 Å². The Morgan fingerprint density at radius 2 is 1.93 bits per heavy atom. The number of aromatic nitrogens is 1. The maximum atomic E-state index is 11.5. The lowest BCUT2D eigenvalue weighted by Crippen LogP contribution is -2.50. The van der Waals surface area contributed by atoms with E-state index >= 15 is 0 Å². The van der Waals surface area contributed by atoms with E-state index in [0.717, 1.165) is 22.2 Å². The summed E-state index contributed by atoms with van der Waals surface area (Å²) in [6.45, 7) is 3.98. The molecule has 0 bridgehead atoms. The third kappa shape index (κ3) is 3.09. The van der Waals surface area contributed by atoms with Crippen molar-refractivity contribution in [2.75, 3.05) is 13.1 Å². The molecule has 4 rings (SSSR count). The molecule has 0 aliphatic carbocycles. The molecule has 146 valence electrons. The highest BCUT2D eigenvalue weighted by molar-refractivity contribution is 6.31. The van der Waals surface area contributed by atoms with Crippen LogP contribution in [0.4, 0.5) is 0 Å². The summed E-state index contributed by atoms with van der Waals surface area (Å²) in [7, 11) is 0. The summed E-state index contributed by atoms with van der Waals surface area (Å²) in [5.41, 5.74) is 2.45. The van der Waals surface area contributed by atoms with E-state index in [4.69, 9.17) is 11.6 Å². The molecule has 0 saturated carbocycles. The Morgan fingerprint density at radius 3 is 2.64 bits per heavy atom. The predicted octanol–water partition coefficient (Wildman–Crippen LogP) is 4.17. The fourth-order valence-corrected chi connectivity index (χ4v) is 4.50. The number of para-hydroxylation sites is 1. The minimum Gasteiger partial charge on any atom is -0.479 e. The summed E-state index contributed by atoms with van der Waals surface area (Å²) in [4.78, 5) is 17.0. The second kappa shape index (κ2) is 6.92. The van der Waals surface area contributed by atoms with Crippen molar-refractivity contribution in [1.29, 1.82) is 0 Å². The van der Waals surface area contributed by atoms with Gasteiger partial charge in [0, 0.05) is 46.7 Å². The molecule has 1 aliphatic rings. The molecule has 0 radical (unpaired) electrons. The average Bonchev–Trinajstić information content (AvgIpc) is 3.04. The van der Waals surface area contributed by atoms with Gasteiger partial charge in [-0.3, -0.25) is 4.90 Å². The molecule has 0 amide bonds. The molecule has 28 heavy (non-hydrogen) atoms. The van der Waals surface area contributed by atoms with Crippen molar-refractivity contribution >= 4 is 28.5 Å². The largest absolute Gasteiger partial charge is 0.479 e. The van der Waals surface area contributed by atoms with Crippen LogP contribution in [-0.4, -0.2) is 44.8 Å². The number of nitrogens with zero attached hydrogens (tertiary/aromatic N) is 1. The van der Waals surface area contributed by atoms with E-state index in [1.54, 1.807) is 0 Å². The maximum absolute atomic E-state index is 11.5. The lowest BCUT2D eigenvalue weighted by atomic mass is 9.83. The first kappa shape index (κ1) is 19.0. The smallest absolute Gasteiger partial charge is 0.336 e. The number of rotatable bonds is 4. The number of carbonyl (C=O) groups is 1. The van der Waals surface area contributed by atoms with Gasteiger partial charge in [0.25, 0.3) is 0 Å². The number of H-pyrrole nitrogens is 1. The number of hydrogen-bond donors (Lipinski definition) is 3. The van der Waals surface area contributed by atoms with Gasteiger partial charge in [0.05, 0.1) is 0 Å². The van der Waals surface area contributed by atoms with Gasteiger partial charge in [-0.2, -0.15) is 0 Å². The third-order valence-electron chi connectivity index (χ3n) is 5.76. The first-order chi connectivity index (χ1) is 13.3. The van der Waals surface area contributed by atoms with Crippen molar-refractivity contribution in [2.45, 2.75) is 31.4 Å². The van der Waals surface area contributed by atoms with E-state index in [-0.39, 0.29) is 18.5 Å². The third-order valence-corrected chi connectivity index (χ3v) is 6.10. The number of aliphatic hydroxyl groups is 1. The SMILES string of the molecule is CC1c2[nH]c3ccccc3c2C(c2ccccc2Cl)CN1CC(C)(O)C(=O)O. The van der Waals surface area contributed by atoms with Gasteiger partial charge in [0.1, 0.15) is 0 Å². The highest BCUT2D eigenvalue weighted by Gasteiger charge is 2.40. The molecular weight excluding hydrogens is 376 g/mol. The molecule has 3 aromatic rings. The molecule has 0 spiro atoms. The van der Waals surface area contributed by atoms with Gasteiger partial charge < -0.3 is 15.2 Å². The average molecular weight is 399 g/mol. The van der Waals surface area contributed by atoms with Crippen LogP contribution in [0.2, 0.25) is 5.02 Å². The fourth-order valence-electron chi connectivity index (χ4n) is 4.23. The van der Waals surface area contributed by atoms with Crippen LogP contribution in [0.3, 0.4) is 0 Å². The quantitative estimate of drug-likeness (QED) is 0.616. The predicted molar refractivity (Wildman–Crippen MR) is 110 cm³/mol. The van der Waals surface area contributed by atoms with Crippen molar-refractivity contribution < 1.29 is 15.0 Å². The van der Waals surface area contributed by atoms with Crippen molar-refractivity contribution in [3.63, 3.8) is 0 Å². The summed E-state index contributed by atoms with van der Waals surface area (Å²) in [6.07, 6.45) is 0. The molecule has 0 fully saturated rings. The van der Waals surface area contributed by atoms with Crippen molar-refractivity contribution in [3.8, 4) is 0 Å². The summed E-state index contributed by atoms with van der Waals surface area (Å²) in [6, 6.07) is 15.9. The van der Waals surface area contributed by atoms with Crippen molar-refractivity contribution in [3.05, 3.63) is 70.4 Å². The number of fused-ring (bicyclic) bond motifs is 3. The van der Waals surface area contributed by atoms with Crippen LogP contribution in [-0.2, 0) is 4.79 Å². The standard InChI is InChI=1S/C22H23ClN2O3/c1-13-20-19(15-8-4-6-10-18(15)24-20)16(14-7-3-5-9-17(14)23)11-25(13)12-22(2,28)21(26)27/h3-10,13,16,24,28H,11-12H2,1-2H3,(H,26,27). The van der Waals surface area contributed by atoms with Crippen molar-refractivity contribution in [1.82, 2.24) is 9.88 Å². The van der Waals surface area contributed by atoms with Gasteiger partial charge in [0.15, 0.2) is 5.60 Å². The number of hydrogen-bond acceptors (Lipinski definition) is 3. The van der Waals surface area contributed by atoms with Crippen LogP contribution < -0.4 is 0 Å². The van der Waals surface area contributed by atoms with Gasteiger partial charge in [-0.25, -0.2) is 4.79 Å². The van der Waals surface area contributed by atoms with Gasteiger partial charge in [-0.05, 0) is 37.1 Å². The lowest BCUT2D eigenvalue weighted by Gasteiger charge is -2.40. The van der Waals surface area contributed by atoms with Crippen LogP contribution in [0.5, 0.6) is 0 Å². The monoisotopic (exact) mass is 398 g/mol. The summed E-state index contributed by atoms with van der Waals surface area (Å²) in [5.74, 6) is -1.25. The van der Waals surface area contributed by atoms with Gasteiger partial charge >= 0.3 is 5.97 Å². The topological polar surface area (TPSA) is 76.6 Å². The van der Waals surface area contributed by atoms with Gasteiger partial charge in [-0.1, -0.05) is 48.0 Å². The molecule has 1 aliphatic heterocycles. The minimum absolute atomic E-state index is 0.0270. The molecule has 2 aromatic carbocycles. The van der Waals surface area contributed by atoms with Crippen LogP contribution in [0.1, 0.15) is 42.6 Å². The second-order valence-corrected chi connectivity index (χ2v) is 8.16. The summed E-state index contributed by atoms with van der Waals surface area (Å²) in [5, 5.41) is 21.6. The number of nitrogens with one attached hydrogen (secondary N) is 1. The molecule has 2 heterocycles. The first-order valence-corrected chi connectivity index (χ1v) is 9.72. The van der Waals surface area contributed by atoms with E-state index in [1.807, 2.05) is 54.3 Å². The van der Waals surface area contributed by atoms with E-state index < -0.39 is 11.6 Å². The Hall–Kier alpha value is -2.34. The minimum atomic E-state index is -1.83. The number of aliphatic carboxylic acids is 1. The Balaban J connectivity index is 1.87. The number of benzene rings is 2. The zero-order valence-electron chi connectivity index (χ0n) is 15.8. The molecule has 6 heteroatoms. The molecule has 1 aromatic heterocycles. The molecule has 3 atom stereocenters. The summed E-state index contributed by atoms with van der Waals surface area (Å²) >= 11 is 6.54. The lowest BCUT2D eigenvalue weighted by molar-refractivity contribution is -0.159. The fraction of sp³-hybridized carbons (Fsp3) is 0.318. The number of carboxylic acids is 1. The Bertz CT molecular complexity index is 1040. The van der Waals surface area contributed by atoms with Crippen molar-refractivity contribution in [2.24, 2.45) is 0 Å². The molecule has 0 saturated heterocycles. The van der Waals surface area contributed by atoms with Crippen LogP contribution in [0.25, 0.3) is 10.9 Å². The highest BCUT2D eigenvalue weighted by Crippen LogP contribution is 2.44. The van der Waals surface area contributed by atoms with Crippen LogP contribution >= 0.6 is 11.6 Å². The van der Waals surface area contributed by atoms with Crippen LogP contribution in [0.15, 0.2) is 48.5 Å². The Kier molecular flexibility index (Phi) is 4.70. The van der Waals surface area contributed by atoms with Gasteiger partial charge in [-0.15, -0.1) is 0 Å². The van der Waals surface area contributed by atoms with E-state index in [1.165, 1.54) is 12.5 Å². The zero-order chi connectivity index (χ0) is 20.1. The highest BCUT2D eigenvalue weighted by atomic mass is 35.5. The number of β-amino-alcohol motifs (C(OH)–C–C–N with tert-alkyl or cyclic N) is 1. The Morgan fingerprint density at radius 1 is 1.25 bits per heavy atom. The summed E-state index contributed by atoms with van der Waals surface area (Å²) < 4.78 is 0. The zero-order valence-corrected chi connectivity index (χ0v) is 16.6. The maximum Gasteiger partial charge on any atom is 0.336 e. The van der Waals surface area contributed by atoms with E-state index in [0.29, 0.717) is 11.6 Å². The number of carboxylic acid groups (broad SMARTS) is 1. The molecular formula is C22H23ClN2O3. The molecule has 5 nitrogen and oxygen atoms in total. The molecule has 3 N–H and O–H groups in total.